The van der Waals surface area contributed by atoms with E-state index < -0.39 is 11.6 Å². The number of rotatable bonds is 2. The largest absolute Gasteiger partial charge is 0.375 e. The highest BCUT2D eigenvalue weighted by molar-refractivity contribution is 7.80. The summed E-state index contributed by atoms with van der Waals surface area (Å²) in [6.07, 6.45) is 1.09. The van der Waals surface area contributed by atoms with Crippen LogP contribution in [-0.2, 0) is 0 Å². The average molecular weight is 215 g/mol. The third-order valence-corrected chi connectivity index (χ3v) is 1.43. The third kappa shape index (κ3) is 3.06. The minimum Gasteiger partial charge on any atom is -0.375 e. The Hall–Kier alpha value is -1.56. The van der Waals surface area contributed by atoms with Gasteiger partial charge in [0.1, 0.15) is 11.6 Å². The zero-order chi connectivity index (χ0) is 10.6. The summed E-state index contributed by atoms with van der Waals surface area (Å²) >= 11 is 4.45. The van der Waals surface area contributed by atoms with Crippen LogP contribution in [0.3, 0.4) is 0 Å². The first-order chi connectivity index (χ1) is 6.59. The Labute approximate surface area is 84.6 Å². The van der Waals surface area contributed by atoms with Crippen LogP contribution in [0.15, 0.2) is 23.3 Å². The van der Waals surface area contributed by atoms with Gasteiger partial charge in [-0.1, -0.05) is 0 Å². The normalized spacial score (nSPS) is 10.4. The summed E-state index contributed by atoms with van der Waals surface area (Å²) in [7, 11) is 0. The van der Waals surface area contributed by atoms with E-state index in [4.69, 9.17) is 5.73 Å². The van der Waals surface area contributed by atoms with Gasteiger partial charge in [0.25, 0.3) is 0 Å². The Morgan fingerprint density at radius 1 is 1.50 bits per heavy atom. The molecular weight excluding hydrogens is 208 g/mol. The van der Waals surface area contributed by atoms with Gasteiger partial charge in [0.2, 0.25) is 0 Å². The predicted molar refractivity (Wildman–Crippen MR) is 53.9 cm³/mol. The molecule has 1 aromatic rings. The molecular formula is C8H7F2N3S. The van der Waals surface area contributed by atoms with Gasteiger partial charge in [-0.25, -0.2) is 8.78 Å². The highest BCUT2D eigenvalue weighted by Crippen LogP contribution is 2.06. The maximum absolute atomic E-state index is 12.9. The first-order valence-corrected chi connectivity index (χ1v) is 4.04. The van der Waals surface area contributed by atoms with Crippen molar-refractivity contribution in [2.45, 2.75) is 0 Å². The summed E-state index contributed by atoms with van der Waals surface area (Å²) in [5.74, 6) is -1.11. The molecule has 0 bridgehead atoms. The van der Waals surface area contributed by atoms with Crippen LogP contribution in [0.4, 0.5) is 8.78 Å². The maximum atomic E-state index is 12.9. The topological polar surface area (TPSA) is 50.4 Å². The Kier molecular flexibility index (Phi) is 3.47. The molecule has 0 radical (unpaired) electrons. The van der Waals surface area contributed by atoms with E-state index in [1.54, 1.807) is 0 Å². The summed E-state index contributed by atoms with van der Waals surface area (Å²) < 4.78 is 25.6. The van der Waals surface area contributed by atoms with E-state index in [0.717, 1.165) is 24.4 Å². The van der Waals surface area contributed by atoms with Gasteiger partial charge >= 0.3 is 0 Å². The van der Waals surface area contributed by atoms with Gasteiger partial charge in [-0.15, -0.1) is 0 Å². The van der Waals surface area contributed by atoms with Crippen molar-refractivity contribution in [1.82, 2.24) is 5.43 Å². The van der Waals surface area contributed by atoms with Crippen molar-refractivity contribution in [3.05, 3.63) is 35.4 Å². The van der Waals surface area contributed by atoms with Crippen LogP contribution < -0.4 is 11.2 Å². The van der Waals surface area contributed by atoms with Gasteiger partial charge in [0, 0.05) is 5.56 Å². The molecule has 0 aliphatic rings. The molecule has 0 aromatic heterocycles. The number of halogens is 2. The molecule has 0 fully saturated rings. The molecule has 0 amide bonds. The third-order valence-electron chi connectivity index (χ3n) is 1.34. The van der Waals surface area contributed by atoms with Crippen molar-refractivity contribution in [3.8, 4) is 0 Å². The van der Waals surface area contributed by atoms with Crippen LogP contribution in [-0.4, -0.2) is 11.3 Å². The summed E-state index contributed by atoms with van der Waals surface area (Å²) in [5.41, 5.74) is 7.32. The first-order valence-electron chi connectivity index (χ1n) is 3.63. The van der Waals surface area contributed by atoms with Crippen LogP contribution in [0, 0.1) is 11.6 Å². The van der Waals surface area contributed by atoms with Crippen LogP contribution >= 0.6 is 12.2 Å². The summed E-state index contributed by atoms with van der Waals surface area (Å²) in [6.45, 7) is 0. The van der Waals surface area contributed by atoms with Crippen molar-refractivity contribution in [1.29, 1.82) is 0 Å². The lowest BCUT2D eigenvalue weighted by Gasteiger charge is -1.97. The molecule has 0 saturated carbocycles. The van der Waals surface area contributed by atoms with Gasteiger partial charge in [-0.05, 0) is 30.4 Å². The minimum absolute atomic E-state index is 0.0220. The molecule has 0 atom stereocenters. The van der Waals surface area contributed by atoms with Gasteiger partial charge in [-0.2, -0.15) is 5.10 Å². The fourth-order valence-electron chi connectivity index (χ4n) is 0.779. The van der Waals surface area contributed by atoms with Gasteiger partial charge < -0.3 is 5.73 Å². The van der Waals surface area contributed by atoms with Crippen molar-refractivity contribution in [2.75, 3.05) is 0 Å². The molecule has 0 unspecified atom stereocenters. The standard InChI is InChI=1S/C8H7F2N3S/c9-6-1-2-7(10)5(3-6)4-12-13-8(11)14/h1-4H,(H3,11,13,14)/b12-4-. The van der Waals surface area contributed by atoms with Gasteiger partial charge in [-0.3, -0.25) is 5.43 Å². The molecule has 74 valence electrons. The van der Waals surface area contributed by atoms with Crippen molar-refractivity contribution < 1.29 is 8.78 Å². The summed E-state index contributed by atoms with van der Waals surface area (Å²) in [6, 6.07) is 3.05. The second-order valence-corrected chi connectivity index (χ2v) is 2.84. The van der Waals surface area contributed by atoms with Crippen LogP contribution in [0.25, 0.3) is 0 Å². The minimum atomic E-state index is -0.570. The van der Waals surface area contributed by atoms with E-state index in [0.29, 0.717) is 0 Å². The lowest BCUT2D eigenvalue weighted by molar-refractivity contribution is 0.598. The summed E-state index contributed by atoms with van der Waals surface area (Å²) in [5, 5.41) is 3.45. The maximum Gasteiger partial charge on any atom is 0.184 e. The van der Waals surface area contributed by atoms with Gasteiger partial charge in [0.05, 0.1) is 6.21 Å². The molecule has 1 rings (SSSR count). The fourth-order valence-corrected chi connectivity index (χ4v) is 0.832. The molecule has 1 aromatic carbocycles. The van der Waals surface area contributed by atoms with Crippen LogP contribution in [0.2, 0.25) is 0 Å². The predicted octanol–water partition coefficient (Wildman–Crippen LogP) is 1.13. The number of hydrogen-bond donors (Lipinski definition) is 2. The van der Waals surface area contributed by atoms with E-state index in [9.17, 15) is 8.78 Å². The van der Waals surface area contributed by atoms with E-state index in [1.165, 1.54) is 0 Å². The van der Waals surface area contributed by atoms with Crippen LogP contribution in [0.1, 0.15) is 5.56 Å². The molecule has 0 saturated heterocycles. The smallest absolute Gasteiger partial charge is 0.184 e. The monoisotopic (exact) mass is 215 g/mol. The summed E-state index contributed by atoms with van der Waals surface area (Å²) in [4.78, 5) is 0. The number of hydrogen-bond acceptors (Lipinski definition) is 2. The average Bonchev–Trinajstić information content (AvgIpc) is 2.10. The van der Waals surface area contributed by atoms with Gasteiger partial charge in [0.15, 0.2) is 5.11 Å². The second kappa shape index (κ2) is 4.61. The number of nitrogens with zero attached hydrogens (tertiary/aromatic N) is 1. The Morgan fingerprint density at radius 2 is 2.21 bits per heavy atom. The zero-order valence-corrected chi connectivity index (χ0v) is 7.81. The van der Waals surface area contributed by atoms with Crippen LogP contribution in [0.5, 0.6) is 0 Å². The van der Waals surface area contributed by atoms with E-state index >= 15 is 0 Å². The lowest BCUT2D eigenvalue weighted by atomic mass is 10.2. The van der Waals surface area contributed by atoms with Crippen molar-refractivity contribution >= 4 is 23.5 Å². The zero-order valence-electron chi connectivity index (χ0n) is 7.00. The number of nitrogens with one attached hydrogen (secondary N) is 1. The quantitative estimate of drug-likeness (QED) is 0.442. The van der Waals surface area contributed by atoms with E-state index in [-0.39, 0.29) is 10.7 Å². The Morgan fingerprint density at radius 3 is 2.86 bits per heavy atom. The second-order valence-electron chi connectivity index (χ2n) is 2.40. The molecule has 14 heavy (non-hydrogen) atoms. The molecule has 3 N–H and O–H groups in total. The molecule has 3 nitrogen and oxygen atoms in total. The van der Waals surface area contributed by atoms with E-state index in [2.05, 4.69) is 22.7 Å². The highest BCUT2D eigenvalue weighted by Gasteiger charge is 2.00. The van der Waals surface area contributed by atoms with Crippen molar-refractivity contribution in [3.63, 3.8) is 0 Å². The first kappa shape index (κ1) is 10.5. The number of hydrazone groups is 1. The molecule has 0 spiro atoms. The number of benzene rings is 1. The number of thiocarbonyl (C=S) groups is 1. The Balaban J connectivity index is 2.80. The molecule has 6 heteroatoms. The fraction of sp³-hybridized carbons (Fsp3) is 0. The number of nitrogens with two attached hydrogens (primary N) is 1. The van der Waals surface area contributed by atoms with E-state index in [1.807, 2.05) is 0 Å². The van der Waals surface area contributed by atoms with Crippen molar-refractivity contribution in [2.24, 2.45) is 10.8 Å². The Bertz CT molecular complexity index is 379. The SMILES string of the molecule is NC(=S)N/N=C\c1cc(F)ccc1F. The molecule has 0 aliphatic heterocycles. The molecule has 0 aliphatic carbocycles. The highest BCUT2D eigenvalue weighted by atomic mass is 32.1. The lowest BCUT2D eigenvalue weighted by Crippen LogP contribution is -2.24. The molecule has 0 heterocycles.